The summed E-state index contributed by atoms with van der Waals surface area (Å²) in [6.45, 7) is 16.3. The summed E-state index contributed by atoms with van der Waals surface area (Å²) in [6.07, 6.45) is 9.81. The lowest BCUT2D eigenvalue weighted by Crippen LogP contribution is -2.47. The van der Waals surface area contributed by atoms with Crippen molar-refractivity contribution in [3.8, 4) is 0 Å². The van der Waals surface area contributed by atoms with E-state index in [1.54, 1.807) is 0 Å². The molecule has 31 heavy (non-hydrogen) atoms. The third-order valence-electron chi connectivity index (χ3n) is 6.51. The fourth-order valence-electron chi connectivity index (χ4n) is 4.85. The highest BCUT2D eigenvalue weighted by Crippen LogP contribution is 2.43. The van der Waals surface area contributed by atoms with Gasteiger partial charge in [0.05, 0.1) is 5.76 Å². The van der Waals surface area contributed by atoms with Gasteiger partial charge in [-0.1, -0.05) is 102 Å². The van der Waals surface area contributed by atoms with E-state index in [0.717, 1.165) is 25.0 Å². The number of rotatable bonds is 11. The maximum absolute atomic E-state index is 7.05. The number of allylic oxidation sites excluding steroid dienone is 3. The van der Waals surface area contributed by atoms with Crippen LogP contribution >= 0.6 is 0 Å². The van der Waals surface area contributed by atoms with E-state index in [0.29, 0.717) is 16.6 Å². The summed E-state index contributed by atoms with van der Waals surface area (Å²) in [6, 6.07) is 19.4. The molecule has 0 heterocycles. The molecule has 2 rings (SSSR count). The molecule has 0 bridgehead atoms. The van der Waals surface area contributed by atoms with Crippen molar-refractivity contribution in [2.75, 3.05) is 0 Å². The van der Waals surface area contributed by atoms with Gasteiger partial charge in [0.15, 0.2) is 0 Å². The van der Waals surface area contributed by atoms with Crippen molar-refractivity contribution in [1.82, 2.24) is 0 Å². The normalized spacial score (nSPS) is 13.0. The molecule has 1 nitrogen and oxygen atoms in total. The molecule has 0 saturated heterocycles. The maximum Gasteiger partial charge on any atom is 0.258 e. The van der Waals surface area contributed by atoms with Crippen LogP contribution in [0.1, 0.15) is 64.7 Å². The first kappa shape index (κ1) is 25.2. The predicted molar refractivity (Wildman–Crippen MR) is 139 cm³/mol. The van der Waals surface area contributed by atoms with Crippen LogP contribution in [0.4, 0.5) is 0 Å². The van der Waals surface area contributed by atoms with E-state index in [1.165, 1.54) is 16.7 Å². The van der Waals surface area contributed by atoms with Gasteiger partial charge >= 0.3 is 0 Å². The van der Waals surface area contributed by atoms with Crippen LogP contribution in [0.3, 0.4) is 0 Å². The summed E-state index contributed by atoms with van der Waals surface area (Å²) in [7, 11) is -1.99. The lowest BCUT2D eigenvalue weighted by Gasteiger charge is -2.42. The van der Waals surface area contributed by atoms with Gasteiger partial charge in [-0.05, 0) is 71.7 Å². The van der Waals surface area contributed by atoms with Crippen LogP contribution in [0.2, 0.25) is 16.6 Å². The van der Waals surface area contributed by atoms with Crippen molar-refractivity contribution in [3.05, 3.63) is 95.3 Å². The molecule has 2 aromatic rings. The Morgan fingerprint density at radius 2 is 1.42 bits per heavy atom. The molecule has 0 aromatic heterocycles. The lowest BCUT2D eigenvalue weighted by atomic mass is 10.1. The molecule has 0 radical (unpaired) electrons. The SMILES string of the molecule is Cc1ccccc1C/C=C(\C=C\CCc1ccccc1)O[Si](C(C)C)(C(C)C)C(C)C. The van der Waals surface area contributed by atoms with Gasteiger partial charge in [0, 0.05) is 0 Å². The summed E-state index contributed by atoms with van der Waals surface area (Å²) >= 11 is 0. The second-order valence-electron chi connectivity index (χ2n) is 9.58. The standard InChI is InChI=1S/C29H42OSi/c1-23(2)31(24(3)4,25(5)6)30-29(22-21-28-19-13-11-15-26(28)7)20-14-12-18-27-16-9-8-10-17-27/h8-11,13-17,19-20,22-25H,12,18,21H2,1-7H3/b20-14+,29-22+. The van der Waals surface area contributed by atoms with E-state index in [4.69, 9.17) is 4.43 Å². The van der Waals surface area contributed by atoms with Gasteiger partial charge in [-0.15, -0.1) is 0 Å². The molecule has 2 heteroatoms. The van der Waals surface area contributed by atoms with Crippen molar-refractivity contribution >= 4 is 8.32 Å². The average molecular weight is 435 g/mol. The lowest BCUT2D eigenvalue weighted by molar-refractivity contribution is 0.385. The van der Waals surface area contributed by atoms with Crippen LogP contribution < -0.4 is 0 Å². The second-order valence-corrected chi connectivity index (χ2v) is 15.0. The first-order chi connectivity index (χ1) is 14.8. The van der Waals surface area contributed by atoms with Crippen LogP contribution in [0.5, 0.6) is 0 Å². The molecule has 168 valence electrons. The van der Waals surface area contributed by atoms with Crippen LogP contribution in [0, 0.1) is 6.92 Å². The summed E-state index contributed by atoms with van der Waals surface area (Å²) in [5, 5.41) is 0. The van der Waals surface area contributed by atoms with Crippen LogP contribution in [-0.4, -0.2) is 8.32 Å². The quantitative estimate of drug-likeness (QED) is 0.195. The van der Waals surface area contributed by atoms with Gasteiger partial charge in [0.2, 0.25) is 0 Å². The van der Waals surface area contributed by atoms with Gasteiger partial charge < -0.3 is 4.43 Å². The number of hydrogen-bond acceptors (Lipinski definition) is 1. The van der Waals surface area contributed by atoms with Gasteiger partial charge in [-0.2, -0.15) is 0 Å². The zero-order valence-corrected chi connectivity index (χ0v) is 21.7. The Labute approximate surface area is 192 Å². The van der Waals surface area contributed by atoms with E-state index in [1.807, 2.05) is 0 Å². The Balaban J connectivity index is 2.26. The molecule has 0 unspecified atom stereocenters. The number of hydrogen-bond donors (Lipinski definition) is 0. The molecule has 2 aromatic carbocycles. The monoisotopic (exact) mass is 434 g/mol. The molecular formula is C29H42OSi. The zero-order valence-electron chi connectivity index (χ0n) is 20.7. The highest BCUT2D eigenvalue weighted by Gasteiger charge is 2.47. The second kappa shape index (κ2) is 12.1. The van der Waals surface area contributed by atoms with Crippen molar-refractivity contribution in [2.24, 2.45) is 0 Å². The van der Waals surface area contributed by atoms with E-state index in [9.17, 15) is 0 Å². The third kappa shape index (κ3) is 6.97. The van der Waals surface area contributed by atoms with Gasteiger partial charge in [0.1, 0.15) is 0 Å². The molecule has 0 amide bonds. The molecule has 0 atom stereocenters. The minimum absolute atomic E-state index is 0.562. The first-order valence-corrected chi connectivity index (χ1v) is 14.1. The molecule has 0 N–H and O–H groups in total. The van der Waals surface area contributed by atoms with Gasteiger partial charge in [-0.25, -0.2) is 0 Å². The Morgan fingerprint density at radius 3 is 2.00 bits per heavy atom. The highest BCUT2D eigenvalue weighted by molar-refractivity contribution is 6.77. The number of benzene rings is 2. The van der Waals surface area contributed by atoms with Crippen LogP contribution in [0.15, 0.2) is 78.6 Å². The Bertz CT molecular complexity index is 824. The fourth-order valence-corrected chi connectivity index (χ4v) is 10.1. The van der Waals surface area contributed by atoms with E-state index in [2.05, 4.69) is 121 Å². The minimum Gasteiger partial charge on any atom is -0.543 e. The smallest absolute Gasteiger partial charge is 0.258 e. The van der Waals surface area contributed by atoms with Crippen LogP contribution in [-0.2, 0) is 17.3 Å². The molecule has 0 aliphatic carbocycles. The Kier molecular flexibility index (Phi) is 9.83. The summed E-state index contributed by atoms with van der Waals surface area (Å²) < 4.78 is 7.05. The fraction of sp³-hybridized carbons (Fsp3) is 0.448. The Morgan fingerprint density at radius 1 is 0.839 bits per heavy atom. The largest absolute Gasteiger partial charge is 0.543 e. The zero-order chi connectivity index (χ0) is 22.9. The number of aryl methyl sites for hydroxylation is 2. The van der Waals surface area contributed by atoms with E-state index in [-0.39, 0.29) is 0 Å². The molecule has 0 saturated carbocycles. The van der Waals surface area contributed by atoms with E-state index < -0.39 is 8.32 Å². The third-order valence-corrected chi connectivity index (χ3v) is 12.5. The average Bonchev–Trinajstić information content (AvgIpc) is 2.73. The topological polar surface area (TPSA) is 9.23 Å². The first-order valence-electron chi connectivity index (χ1n) is 11.9. The van der Waals surface area contributed by atoms with Crippen LogP contribution in [0.25, 0.3) is 0 Å². The molecule has 0 aliphatic heterocycles. The molecule has 0 fully saturated rings. The minimum atomic E-state index is -1.99. The summed E-state index contributed by atoms with van der Waals surface area (Å²) in [4.78, 5) is 0. The predicted octanol–water partition coefficient (Wildman–Crippen LogP) is 8.80. The van der Waals surface area contributed by atoms with Crippen molar-refractivity contribution < 1.29 is 4.43 Å². The van der Waals surface area contributed by atoms with Crippen molar-refractivity contribution in [2.45, 2.75) is 84.4 Å². The molecule has 0 spiro atoms. The highest BCUT2D eigenvalue weighted by atomic mass is 28.4. The van der Waals surface area contributed by atoms with E-state index >= 15 is 0 Å². The van der Waals surface area contributed by atoms with Gasteiger partial charge in [-0.3, -0.25) is 0 Å². The summed E-state index contributed by atoms with van der Waals surface area (Å²) in [5.41, 5.74) is 5.78. The van der Waals surface area contributed by atoms with Gasteiger partial charge in [0.25, 0.3) is 8.32 Å². The molecular weight excluding hydrogens is 392 g/mol. The van der Waals surface area contributed by atoms with Crippen molar-refractivity contribution in [3.63, 3.8) is 0 Å². The maximum atomic E-state index is 7.05. The molecule has 0 aliphatic rings. The Hall–Kier alpha value is -2.06. The summed E-state index contributed by atoms with van der Waals surface area (Å²) in [5.74, 6) is 1.05. The van der Waals surface area contributed by atoms with Crippen molar-refractivity contribution in [1.29, 1.82) is 0 Å².